The number of nitrogens with one attached hydrogen (secondary N) is 1. The van der Waals surface area contributed by atoms with Gasteiger partial charge in [-0.05, 0) is 31.2 Å². The molecule has 0 unspecified atom stereocenters. The highest BCUT2D eigenvalue weighted by atomic mass is 19.4. The van der Waals surface area contributed by atoms with Gasteiger partial charge in [-0.25, -0.2) is 9.78 Å². The highest BCUT2D eigenvalue weighted by Gasteiger charge is 2.33. The SMILES string of the molecule is COC(=O)c1cc(OCC(=O)Nc2ccccc2C(F)(F)F)c2cc(C)ccc2n1. The largest absolute Gasteiger partial charge is 0.483 e. The number of carbonyl (C=O) groups excluding carboxylic acids is 2. The third-order valence-electron chi connectivity index (χ3n) is 4.19. The summed E-state index contributed by atoms with van der Waals surface area (Å²) >= 11 is 0. The lowest BCUT2D eigenvalue weighted by Gasteiger charge is -2.14. The molecule has 0 fully saturated rings. The predicted octanol–water partition coefficient (Wildman–Crippen LogP) is 4.37. The van der Waals surface area contributed by atoms with E-state index in [9.17, 15) is 22.8 Å². The van der Waals surface area contributed by atoms with Crippen LogP contribution in [0.3, 0.4) is 0 Å². The number of aromatic nitrogens is 1. The van der Waals surface area contributed by atoms with Crippen LogP contribution in [0, 0.1) is 6.92 Å². The second-order valence-electron chi connectivity index (χ2n) is 6.40. The van der Waals surface area contributed by atoms with Crippen molar-refractivity contribution in [2.24, 2.45) is 0 Å². The number of fused-ring (bicyclic) bond motifs is 1. The summed E-state index contributed by atoms with van der Waals surface area (Å²) in [5.41, 5.74) is -0.0166. The van der Waals surface area contributed by atoms with Crippen molar-refractivity contribution in [1.29, 1.82) is 0 Å². The fourth-order valence-corrected chi connectivity index (χ4v) is 2.81. The molecule has 1 amide bonds. The van der Waals surface area contributed by atoms with E-state index in [0.29, 0.717) is 10.9 Å². The third-order valence-corrected chi connectivity index (χ3v) is 4.19. The lowest BCUT2D eigenvalue weighted by Crippen LogP contribution is -2.22. The fourth-order valence-electron chi connectivity index (χ4n) is 2.81. The smallest absolute Gasteiger partial charge is 0.418 e. The quantitative estimate of drug-likeness (QED) is 0.623. The first-order valence-corrected chi connectivity index (χ1v) is 8.77. The Labute approximate surface area is 169 Å². The summed E-state index contributed by atoms with van der Waals surface area (Å²) in [6.45, 7) is 1.28. The molecule has 1 heterocycles. The molecule has 3 rings (SSSR count). The van der Waals surface area contributed by atoms with E-state index in [1.807, 2.05) is 6.92 Å². The van der Waals surface area contributed by atoms with Crippen molar-refractivity contribution >= 4 is 28.5 Å². The number of carbonyl (C=O) groups is 2. The molecule has 0 aliphatic rings. The first-order chi connectivity index (χ1) is 14.2. The van der Waals surface area contributed by atoms with Gasteiger partial charge in [0.1, 0.15) is 5.75 Å². The first-order valence-electron chi connectivity index (χ1n) is 8.77. The zero-order valence-corrected chi connectivity index (χ0v) is 16.0. The van der Waals surface area contributed by atoms with Crippen molar-refractivity contribution < 1.29 is 32.2 Å². The summed E-state index contributed by atoms with van der Waals surface area (Å²) in [6.07, 6.45) is -4.61. The van der Waals surface area contributed by atoms with Crippen LogP contribution in [0.4, 0.5) is 18.9 Å². The number of halogens is 3. The van der Waals surface area contributed by atoms with E-state index in [4.69, 9.17) is 4.74 Å². The predicted molar refractivity (Wildman–Crippen MR) is 103 cm³/mol. The van der Waals surface area contributed by atoms with Crippen molar-refractivity contribution in [2.75, 3.05) is 19.0 Å². The molecule has 0 radical (unpaired) electrons. The van der Waals surface area contributed by atoms with Gasteiger partial charge in [-0.2, -0.15) is 13.2 Å². The second-order valence-corrected chi connectivity index (χ2v) is 6.40. The van der Waals surface area contributed by atoms with Gasteiger partial charge in [-0.1, -0.05) is 23.8 Å². The van der Waals surface area contributed by atoms with Crippen molar-refractivity contribution in [2.45, 2.75) is 13.1 Å². The summed E-state index contributed by atoms with van der Waals surface area (Å²) in [5.74, 6) is -1.29. The Bertz CT molecular complexity index is 1110. The standard InChI is InChI=1S/C21H17F3N2O4/c1-12-7-8-15-13(9-12)18(10-17(25-15)20(28)29-2)30-11-19(27)26-16-6-4-3-5-14(16)21(22,23)24/h3-10H,11H2,1-2H3,(H,26,27). The van der Waals surface area contributed by atoms with Crippen molar-refractivity contribution in [3.05, 3.63) is 65.4 Å². The molecule has 2 aromatic carbocycles. The summed E-state index contributed by atoms with van der Waals surface area (Å²) in [6, 6.07) is 11.2. The molecule has 0 saturated heterocycles. The lowest BCUT2D eigenvalue weighted by molar-refractivity contribution is -0.137. The van der Waals surface area contributed by atoms with Gasteiger partial charge < -0.3 is 14.8 Å². The van der Waals surface area contributed by atoms with Gasteiger partial charge in [-0.15, -0.1) is 0 Å². The second kappa shape index (κ2) is 8.40. The maximum absolute atomic E-state index is 13.1. The van der Waals surface area contributed by atoms with Crippen LogP contribution < -0.4 is 10.1 Å². The number of aryl methyl sites for hydroxylation is 1. The Morgan fingerprint density at radius 2 is 1.83 bits per heavy atom. The normalized spacial score (nSPS) is 11.2. The molecule has 0 aliphatic heterocycles. The van der Waals surface area contributed by atoms with Crippen LogP contribution >= 0.6 is 0 Å². The van der Waals surface area contributed by atoms with Gasteiger partial charge in [0.05, 0.1) is 23.9 Å². The molecule has 6 nitrogen and oxygen atoms in total. The fraction of sp³-hybridized carbons (Fsp3) is 0.190. The Kier molecular flexibility index (Phi) is 5.91. The summed E-state index contributed by atoms with van der Waals surface area (Å²) in [4.78, 5) is 28.3. The van der Waals surface area contributed by atoms with Crippen molar-refractivity contribution in [3.63, 3.8) is 0 Å². The van der Waals surface area contributed by atoms with Gasteiger partial charge in [-0.3, -0.25) is 4.79 Å². The van der Waals surface area contributed by atoms with E-state index in [2.05, 4.69) is 15.0 Å². The van der Waals surface area contributed by atoms with Crippen LogP contribution in [0.1, 0.15) is 21.6 Å². The average Bonchev–Trinajstić information content (AvgIpc) is 2.71. The van der Waals surface area contributed by atoms with E-state index in [1.54, 1.807) is 18.2 Å². The van der Waals surface area contributed by atoms with E-state index in [-0.39, 0.29) is 17.1 Å². The monoisotopic (exact) mass is 418 g/mol. The molecule has 0 saturated carbocycles. The molecule has 156 valence electrons. The Hall–Kier alpha value is -3.62. The Morgan fingerprint density at radius 1 is 1.10 bits per heavy atom. The minimum Gasteiger partial charge on any atom is -0.483 e. The lowest BCUT2D eigenvalue weighted by atomic mass is 10.1. The molecule has 1 N–H and O–H groups in total. The maximum atomic E-state index is 13.1. The van der Waals surface area contributed by atoms with Crippen LogP contribution in [-0.4, -0.2) is 30.6 Å². The van der Waals surface area contributed by atoms with E-state index < -0.39 is 30.2 Å². The van der Waals surface area contributed by atoms with E-state index >= 15 is 0 Å². The van der Waals surface area contributed by atoms with Crippen molar-refractivity contribution in [1.82, 2.24) is 4.98 Å². The Morgan fingerprint density at radius 3 is 2.53 bits per heavy atom. The number of benzene rings is 2. The molecule has 0 spiro atoms. The van der Waals surface area contributed by atoms with Gasteiger partial charge >= 0.3 is 12.1 Å². The molecular formula is C21H17F3N2O4. The highest BCUT2D eigenvalue weighted by Crippen LogP contribution is 2.34. The molecule has 0 bridgehead atoms. The molecule has 9 heteroatoms. The number of anilines is 1. The number of rotatable bonds is 5. The number of esters is 1. The molecule has 30 heavy (non-hydrogen) atoms. The Balaban J connectivity index is 1.84. The molecule has 3 aromatic rings. The van der Waals surface area contributed by atoms with Gasteiger partial charge in [0.15, 0.2) is 12.3 Å². The van der Waals surface area contributed by atoms with Crippen LogP contribution in [0.2, 0.25) is 0 Å². The number of hydrogen-bond donors (Lipinski definition) is 1. The number of alkyl halides is 3. The molecular weight excluding hydrogens is 401 g/mol. The molecule has 1 aromatic heterocycles. The molecule has 0 aliphatic carbocycles. The maximum Gasteiger partial charge on any atom is 0.418 e. The van der Waals surface area contributed by atoms with Gasteiger partial charge in [0, 0.05) is 11.5 Å². The van der Waals surface area contributed by atoms with Crippen molar-refractivity contribution in [3.8, 4) is 5.75 Å². The minimum atomic E-state index is -4.61. The number of amides is 1. The van der Waals surface area contributed by atoms with Crippen LogP contribution in [0.5, 0.6) is 5.75 Å². The first kappa shape index (κ1) is 21.1. The highest BCUT2D eigenvalue weighted by molar-refractivity contribution is 5.95. The minimum absolute atomic E-state index is 0.0216. The third kappa shape index (κ3) is 4.68. The number of hydrogen-bond acceptors (Lipinski definition) is 5. The number of ether oxygens (including phenoxy) is 2. The number of pyridine rings is 1. The summed E-state index contributed by atoms with van der Waals surface area (Å²) in [7, 11) is 1.20. The number of para-hydroxylation sites is 1. The number of methoxy groups -OCH3 is 1. The van der Waals surface area contributed by atoms with Crippen LogP contribution in [-0.2, 0) is 15.7 Å². The van der Waals surface area contributed by atoms with E-state index in [1.165, 1.54) is 25.3 Å². The van der Waals surface area contributed by atoms with Crippen LogP contribution in [0.25, 0.3) is 10.9 Å². The zero-order valence-electron chi connectivity index (χ0n) is 16.0. The number of nitrogens with zero attached hydrogens (tertiary/aromatic N) is 1. The average molecular weight is 418 g/mol. The summed E-state index contributed by atoms with van der Waals surface area (Å²) in [5, 5.41) is 2.75. The van der Waals surface area contributed by atoms with Crippen LogP contribution in [0.15, 0.2) is 48.5 Å². The zero-order chi connectivity index (χ0) is 21.9. The van der Waals surface area contributed by atoms with Gasteiger partial charge in [0.25, 0.3) is 5.91 Å². The molecule has 0 atom stereocenters. The summed E-state index contributed by atoms with van der Waals surface area (Å²) < 4.78 is 49.4. The van der Waals surface area contributed by atoms with E-state index in [0.717, 1.165) is 17.7 Å². The van der Waals surface area contributed by atoms with Gasteiger partial charge in [0.2, 0.25) is 0 Å². The topological polar surface area (TPSA) is 77.5 Å².